The van der Waals surface area contributed by atoms with Gasteiger partial charge in [0.15, 0.2) is 0 Å². The number of rotatable bonds is 3. The first-order valence-corrected chi connectivity index (χ1v) is 9.11. The van der Waals surface area contributed by atoms with Gasteiger partial charge in [0, 0.05) is 16.3 Å². The molecule has 0 fully saturated rings. The SMILES string of the molecule is CC1=C(C(=O)Nc2ccccc2C)C(c2sccc2C)n2nnnc2N1. The van der Waals surface area contributed by atoms with E-state index in [1.165, 1.54) is 0 Å². The second-order valence-electron chi connectivity index (χ2n) is 6.25. The summed E-state index contributed by atoms with van der Waals surface area (Å²) < 4.78 is 1.67. The fourth-order valence-electron chi connectivity index (χ4n) is 3.12. The lowest BCUT2D eigenvalue weighted by Gasteiger charge is -2.27. The summed E-state index contributed by atoms with van der Waals surface area (Å²) in [6.07, 6.45) is 0. The van der Waals surface area contributed by atoms with E-state index < -0.39 is 0 Å². The van der Waals surface area contributed by atoms with Gasteiger partial charge in [0.05, 0.1) is 5.57 Å². The molecule has 1 aliphatic heterocycles. The number of anilines is 2. The molecular formula is C18H18N6OS. The number of hydrogen-bond acceptors (Lipinski definition) is 6. The molecule has 26 heavy (non-hydrogen) atoms. The number of nitrogens with zero attached hydrogens (tertiary/aromatic N) is 4. The molecule has 2 aromatic heterocycles. The van der Waals surface area contributed by atoms with E-state index in [2.05, 4.69) is 26.2 Å². The molecule has 0 aliphatic carbocycles. The van der Waals surface area contributed by atoms with Gasteiger partial charge in [-0.05, 0) is 59.8 Å². The molecule has 4 rings (SSSR count). The van der Waals surface area contributed by atoms with Crippen molar-refractivity contribution in [2.24, 2.45) is 0 Å². The van der Waals surface area contributed by atoms with E-state index in [1.807, 2.05) is 56.5 Å². The summed E-state index contributed by atoms with van der Waals surface area (Å²) >= 11 is 1.60. The first kappa shape index (κ1) is 16.5. The van der Waals surface area contributed by atoms with Crippen LogP contribution in [0.4, 0.5) is 11.6 Å². The molecule has 0 radical (unpaired) electrons. The van der Waals surface area contributed by atoms with Crippen molar-refractivity contribution in [3.05, 3.63) is 63.0 Å². The molecule has 0 spiro atoms. The van der Waals surface area contributed by atoms with E-state index in [9.17, 15) is 4.79 Å². The molecule has 0 saturated heterocycles. The lowest BCUT2D eigenvalue weighted by molar-refractivity contribution is -0.113. The molecule has 1 amide bonds. The summed E-state index contributed by atoms with van der Waals surface area (Å²) in [5, 5.41) is 20.1. The molecule has 1 atom stereocenters. The maximum absolute atomic E-state index is 13.2. The van der Waals surface area contributed by atoms with Crippen LogP contribution in [-0.4, -0.2) is 26.1 Å². The number of tetrazole rings is 1. The lowest BCUT2D eigenvalue weighted by Crippen LogP contribution is -2.31. The van der Waals surface area contributed by atoms with Gasteiger partial charge in [0.2, 0.25) is 5.95 Å². The summed E-state index contributed by atoms with van der Waals surface area (Å²) in [5.74, 6) is 0.371. The minimum Gasteiger partial charge on any atom is -0.326 e. The number of nitrogens with one attached hydrogen (secondary N) is 2. The van der Waals surface area contributed by atoms with Gasteiger partial charge in [-0.1, -0.05) is 23.3 Å². The number of aromatic nitrogens is 4. The van der Waals surface area contributed by atoms with Crippen molar-refractivity contribution >= 4 is 28.9 Å². The largest absolute Gasteiger partial charge is 0.326 e. The topological polar surface area (TPSA) is 84.7 Å². The number of carbonyl (C=O) groups excluding carboxylic acids is 1. The molecule has 0 saturated carbocycles. The highest BCUT2D eigenvalue weighted by Gasteiger charge is 2.35. The van der Waals surface area contributed by atoms with E-state index in [0.717, 1.165) is 27.4 Å². The Bertz CT molecular complexity index is 1020. The van der Waals surface area contributed by atoms with Crippen molar-refractivity contribution in [3.63, 3.8) is 0 Å². The van der Waals surface area contributed by atoms with Crippen molar-refractivity contribution in [2.45, 2.75) is 26.8 Å². The third-order valence-corrected chi connectivity index (χ3v) is 5.57. The number of fused-ring (bicyclic) bond motifs is 1. The Balaban J connectivity index is 1.78. The van der Waals surface area contributed by atoms with Crippen LogP contribution in [0.2, 0.25) is 0 Å². The van der Waals surface area contributed by atoms with Crippen LogP contribution in [0.25, 0.3) is 0 Å². The molecule has 132 valence electrons. The van der Waals surface area contributed by atoms with Gasteiger partial charge in [0.25, 0.3) is 5.91 Å². The Hall–Kier alpha value is -3.00. The van der Waals surface area contributed by atoms with Crippen LogP contribution in [-0.2, 0) is 4.79 Å². The van der Waals surface area contributed by atoms with Gasteiger partial charge < -0.3 is 10.6 Å². The number of aryl methyl sites for hydroxylation is 2. The van der Waals surface area contributed by atoms with Crippen molar-refractivity contribution in [1.29, 1.82) is 0 Å². The van der Waals surface area contributed by atoms with Crippen LogP contribution in [0.3, 0.4) is 0 Å². The molecule has 0 bridgehead atoms. The summed E-state index contributed by atoms with van der Waals surface area (Å²) in [6, 6.07) is 9.40. The fourth-order valence-corrected chi connectivity index (χ4v) is 4.14. The second-order valence-corrected chi connectivity index (χ2v) is 7.20. The number of benzene rings is 1. The van der Waals surface area contributed by atoms with E-state index >= 15 is 0 Å². The third kappa shape index (κ3) is 2.68. The van der Waals surface area contributed by atoms with Crippen molar-refractivity contribution in [3.8, 4) is 0 Å². The highest BCUT2D eigenvalue weighted by molar-refractivity contribution is 7.10. The summed E-state index contributed by atoms with van der Waals surface area (Å²) in [5.41, 5.74) is 4.27. The number of para-hydroxylation sites is 1. The fraction of sp³-hybridized carbons (Fsp3) is 0.222. The van der Waals surface area contributed by atoms with E-state index in [4.69, 9.17) is 0 Å². The number of thiophene rings is 1. The smallest absolute Gasteiger partial charge is 0.255 e. The van der Waals surface area contributed by atoms with Crippen LogP contribution in [0, 0.1) is 13.8 Å². The Morgan fingerprint density at radius 2 is 2.00 bits per heavy atom. The van der Waals surface area contributed by atoms with Crippen molar-refractivity contribution in [2.75, 3.05) is 10.6 Å². The molecule has 8 heteroatoms. The highest BCUT2D eigenvalue weighted by atomic mass is 32.1. The predicted molar refractivity (Wildman–Crippen MR) is 101 cm³/mol. The molecule has 3 heterocycles. The zero-order chi connectivity index (χ0) is 18.3. The van der Waals surface area contributed by atoms with Crippen LogP contribution < -0.4 is 10.6 Å². The van der Waals surface area contributed by atoms with E-state index in [-0.39, 0.29) is 11.9 Å². The highest BCUT2D eigenvalue weighted by Crippen LogP contribution is 2.38. The number of allylic oxidation sites excluding steroid dienone is 1. The quantitative estimate of drug-likeness (QED) is 0.743. The van der Waals surface area contributed by atoms with Crippen LogP contribution in [0.15, 0.2) is 47.0 Å². The van der Waals surface area contributed by atoms with E-state index in [0.29, 0.717) is 11.5 Å². The summed E-state index contributed by atoms with van der Waals surface area (Å²) in [4.78, 5) is 14.2. The number of amides is 1. The van der Waals surface area contributed by atoms with Crippen molar-refractivity contribution < 1.29 is 4.79 Å². The van der Waals surface area contributed by atoms with Gasteiger partial charge in [-0.25, -0.2) is 0 Å². The number of carbonyl (C=O) groups is 1. The van der Waals surface area contributed by atoms with Gasteiger partial charge in [-0.3, -0.25) is 4.79 Å². The Kier molecular flexibility index (Phi) is 4.04. The molecular weight excluding hydrogens is 348 g/mol. The maximum Gasteiger partial charge on any atom is 0.255 e. The summed E-state index contributed by atoms with van der Waals surface area (Å²) in [6.45, 7) is 5.88. The van der Waals surface area contributed by atoms with E-state index in [1.54, 1.807) is 16.0 Å². The molecule has 1 unspecified atom stereocenters. The average Bonchev–Trinajstić information content (AvgIpc) is 3.24. The molecule has 2 N–H and O–H groups in total. The third-order valence-electron chi connectivity index (χ3n) is 4.50. The minimum absolute atomic E-state index is 0.164. The Morgan fingerprint density at radius 1 is 1.19 bits per heavy atom. The molecule has 3 aromatic rings. The number of hydrogen-bond donors (Lipinski definition) is 2. The zero-order valence-corrected chi connectivity index (χ0v) is 15.5. The van der Waals surface area contributed by atoms with Crippen LogP contribution >= 0.6 is 11.3 Å². The molecule has 1 aliphatic rings. The Morgan fingerprint density at radius 3 is 2.73 bits per heavy atom. The zero-order valence-electron chi connectivity index (χ0n) is 14.6. The summed E-state index contributed by atoms with van der Waals surface area (Å²) in [7, 11) is 0. The van der Waals surface area contributed by atoms with Gasteiger partial charge in [-0.2, -0.15) is 4.68 Å². The first-order chi connectivity index (χ1) is 12.6. The second kappa shape index (κ2) is 6.38. The Labute approximate surface area is 154 Å². The molecule has 7 nitrogen and oxygen atoms in total. The standard InChI is InChI=1S/C18H18N6OS/c1-10-6-4-5-7-13(10)20-17(25)14-12(3)19-18-21-22-23-24(18)15(14)16-11(2)8-9-26-16/h4-9,15H,1-3H3,(H,20,25)(H,19,21,23). The van der Waals surface area contributed by atoms with Gasteiger partial charge >= 0.3 is 0 Å². The monoisotopic (exact) mass is 366 g/mol. The van der Waals surface area contributed by atoms with Gasteiger partial charge in [0.1, 0.15) is 6.04 Å². The van der Waals surface area contributed by atoms with Crippen LogP contribution in [0.1, 0.15) is 29.0 Å². The average molecular weight is 366 g/mol. The maximum atomic E-state index is 13.2. The molecule has 1 aromatic carbocycles. The normalized spacial score (nSPS) is 16.2. The lowest BCUT2D eigenvalue weighted by atomic mass is 9.98. The first-order valence-electron chi connectivity index (χ1n) is 8.23. The van der Waals surface area contributed by atoms with Crippen LogP contribution in [0.5, 0.6) is 0 Å². The van der Waals surface area contributed by atoms with Gasteiger partial charge in [-0.15, -0.1) is 11.3 Å². The predicted octanol–water partition coefficient (Wildman–Crippen LogP) is 3.28. The van der Waals surface area contributed by atoms with Crippen molar-refractivity contribution in [1.82, 2.24) is 20.2 Å². The minimum atomic E-state index is -0.356.